The van der Waals surface area contributed by atoms with E-state index < -0.39 is 60.9 Å². The summed E-state index contributed by atoms with van der Waals surface area (Å²) in [6, 6.07) is 22.4. The summed E-state index contributed by atoms with van der Waals surface area (Å²) in [6.07, 6.45) is 3.20. The predicted octanol–water partition coefficient (Wildman–Crippen LogP) is 11.4. The minimum Gasteiger partial charge on any atom is -0.382 e. The normalized spacial score (nSPS) is 17.4. The number of aliphatic hydroxyl groups is 5. The van der Waals surface area contributed by atoms with Crippen LogP contribution in [0, 0.1) is 5.92 Å². The van der Waals surface area contributed by atoms with Gasteiger partial charge >= 0.3 is 0 Å². The number of nitrogens with one attached hydrogen (secondary N) is 10. The number of carbonyl (C=O) groups excluding carboxylic acids is 5. The van der Waals surface area contributed by atoms with Crippen molar-refractivity contribution in [2.24, 2.45) is 5.92 Å². The van der Waals surface area contributed by atoms with E-state index in [0.717, 1.165) is 93.6 Å². The second-order valence-corrected chi connectivity index (χ2v) is 33.9. The molecule has 2 aliphatic rings. The highest BCUT2D eigenvalue weighted by Crippen LogP contribution is 2.24. The quantitative estimate of drug-likeness (QED) is 0.0270. The van der Waals surface area contributed by atoms with E-state index in [1.165, 1.54) is 11.8 Å². The molecule has 0 aromatic heterocycles. The van der Waals surface area contributed by atoms with Crippen molar-refractivity contribution in [1.82, 2.24) is 53.2 Å². The van der Waals surface area contributed by atoms with E-state index in [1.807, 2.05) is 166 Å². The third-order valence-corrected chi connectivity index (χ3v) is 17.2. The molecule has 13 atom stereocenters. The minimum absolute atomic E-state index is 0.0686. The number of aliphatic hydroxyl groups excluding tert-OH is 5. The number of alkyl halides is 2. The highest BCUT2D eigenvalue weighted by atomic mass is 19.3. The second kappa shape index (κ2) is 46.1. The fourth-order valence-electron chi connectivity index (χ4n) is 11.4. The number of halogens is 2. The standard InChI is InChI=1S/C22H32N2O2.C18H30N2O2.C15H32N2O2.C14H28N2O2.C12H22F2N2O2/c1-6-9-19(24-22(3,4)5)20(25)21(26)23-15(2)17-13-12-16-10-7-8-11-18(16)14-17;1-6-10-15(20-18(3,4)5)16(21)17(22)19-13(2)14-11-8-7-9-12-14;1-8-9-12(17-15(5,6)7)13(18)14(19)16-11(4)10(2)3;1-5-7-11(16-14(2,3)4)12(17)13(18)15-10-8-6-9-10;1-12(2,3)16-8(6-9(13)14)10(17)11(18)15-7-4-5-7/h7-8,10-15,19-20,24-25H,6,9H2,1-5H3,(H,23,26);7-9,11-13,15-16,20-21H,6,10H2,1-5H3,(H,19,22);10-13,17-18H,8-9H2,1-7H3,(H,16,19);10-12,16-17H,5-9H2,1-4H3,(H,15,18);7-10,16-17H,4-6H2,1-3H3,(H,15,18). The molecule has 5 rings (SSSR count). The number of rotatable bonds is 33. The molecule has 0 radical (unpaired) electrons. The van der Waals surface area contributed by atoms with E-state index in [2.05, 4.69) is 105 Å². The van der Waals surface area contributed by atoms with Crippen molar-refractivity contribution in [3.05, 3.63) is 83.9 Å². The van der Waals surface area contributed by atoms with E-state index >= 15 is 0 Å². The maximum atomic E-state index is 12.6. The first-order valence-corrected chi connectivity index (χ1v) is 38.2. The third-order valence-electron chi connectivity index (χ3n) is 17.2. The van der Waals surface area contributed by atoms with Crippen molar-refractivity contribution in [3.8, 4) is 0 Å². The van der Waals surface area contributed by atoms with Crippen LogP contribution in [0.2, 0.25) is 0 Å². The van der Waals surface area contributed by atoms with Gasteiger partial charge in [0.05, 0.1) is 12.1 Å². The zero-order valence-electron chi connectivity index (χ0n) is 67.7. The maximum Gasteiger partial charge on any atom is 0.250 e. The fourth-order valence-corrected chi connectivity index (χ4v) is 11.4. The number of fused-ring (bicyclic) bond motifs is 1. The summed E-state index contributed by atoms with van der Waals surface area (Å²) in [5, 5.41) is 84.0. The molecule has 22 heteroatoms. The molecule has 0 bridgehead atoms. The number of carbonyl (C=O) groups is 5. The summed E-state index contributed by atoms with van der Waals surface area (Å²) in [5.41, 5.74) is 1.08. The topological polar surface area (TPSA) is 307 Å². The third kappa shape index (κ3) is 41.4. The molecule has 0 aliphatic heterocycles. The minimum atomic E-state index is -2.56. The summed E-state index contributed by atoms with van der Waals surface area (Å²) in [6.45, 7) is 48.0. The SMILES string of the molecule is CC(C)(C)NC(CC(F)F)C(O)C(=O)NC1CC1.CCCC(NC(C)(C)C)C(O)C(=O)NC(C)C(C)C.CCCC(NC(C)(C)C)C(O)C(=O)NC(C)c1ccc2ccccc2c1.CCCC(NC(C)(C)C)C(O)C(=O)NC(C)c1ccccc1.CCCC(NC(C)(C)C)C(O)C(=O)NC1CCC1. The lowest BCUT2D eigenvalue weighted by atomic mass is 9.92. The average Bonchev–Trinajstić information content (AvgIpc) is 1.20. The van der Waals surface area contributed by atoms with Crippen LogP contribution in [0.4, 0.5) is 8.78 Å². The van der Waals surface area contributed by atoms with Crippen molar-refractivity contribution in [2.75, 3.05) is 0 Å². The van der Waals surface area contributed by atoms with Gasteiger partial charge in [-0.25, -0.2) is 8.78 Å². The summed E-state index contributed by atoms with van der Waals surface area (Å²) < 4.78 is 25.0. The van der Waals surface area contributed by atoms with Crippen LogP contribution in [0.3, 0.4) is 0 Å². The molecule has 2 aliphatic carbocycles. The van der Waals surface area contributed by atoms with Crippen molar-refractivity contribution in [1.29, 1.82) is 0 Å². The Morgan fingerprint density at radius 1 is 0.398 bits per heavy atom. The first-order chi connectivity index (χ1) is 47.6. The van der Waals surface area contributed by atoms with Crippen LogP contribution in [0.1, 0.15) is 279 Å². The molecule has 0 spiro atoms. The first-order valence-electron chi connectivity index (χ1n) is 38.2. The van der Waals surface area contributed by atoms with Crippen molar-refractivity contribution >= 4 is 40.3 Å². The molecule has 0 saturated heterocycles. The van der Waals surface area contributed by atoms with Gasteiger partial charge in [0.15, 0.2) is 0 Å². The largest absolute Gasteiger partial charge is 0.382 e. The van der Waals surface area contributed by atoms with Crippen LogP contribution in [-0.2, 0) is 24.0 Å². The zero-order valence-corrected chi connectivity index (χ0v) is 67.7. The molecule has 103 heavy (non-hydrogen) atoms. The summed E-state index contributed by atoms with van der Waals surface area (Å²) in [4.78, 5) is 60.6. The van der Waals surface area contributed by atoms with Gasteiger partial charge in [-0.15, -0.1) is 0 Å². The maximum absolute atomic E-state index is 12.6. The van der Waals surface area contributed by atoms with Crippen molar-refractivity contribution in [3.63, 3.8) is 0 Å². The van der Waals surface area contributed by atoms with Gasteiger partial charge in [0.25, 0.3) is 29.5 Å². The molecule has 13 unspecified atom stereocenters. The molecule has 5 amide bonds. The predicted molar refractivity (Wildman–Crippen MR) is 417 cm³/mol. The van der Waals surface area contributed by atoms with Crippen LogP contribution in [-0.4, -0.2) is 168 Å². The van der Waals surface area contributed by atoms with E-state index in [1.54, 1.807) is 20.8 Å². The van der Waals surface area contributed by atoms with E-state index in [-0.39, 0.29) is 100 Å². The van der Waals surface area contributed by atoms with E-state index in [9.17, 15) is 58.3 Å². The molecule has 2 saturated carbocycles. The van der Waals surface area contributed by atoms with Gasteiger partial charge in [-0.3, -0.25) is 24.0 Å². The van der Waals surface area contributed by atoms with Gasteiger partial charge in [0.1, 0.15) is 30.5 Å². The Labute approximate surface area is 620 Å². The smallest absolute Gasteiger partial charge is 0.250 e. The molecule has 0 heterocycles. The van der Waals surface area contributed by atoms with Gasteiger partial charge in [0, 0.05) is 82.5 Å². The summed E-state index contributed by atoms with van der Waals surface area (Å²) in [7, 11) is 0. The number of benzene rings is 3. The Bertz CT molecular complexity index is 2890. The highest BCUT2D eigenvalue weighted by molar-refractivity contribution is 5.85. The molecule has 15 N–H and O–H groups in total. The molecular weight excluding hydrogens is 1310 g/mol. The van der Waals surface area contributed by atoms with Crippen LogP contribution >= 0.6 is 0 Å². The molecule has 20 nitrogen and oxygen atoms in total. The lowest BCUT2D eigenvalue weighted by Crippen LogP contribution is -2.56. The highest BCUT2D eigenvalue weighted by Gasteiger charge is 2.37. The van der Waals surface area contributed by atoms with Crippen molar-refractivity contribution < 1.29 is 58.3 Å². The van der Waals surface area contributed by atoms with Gasteiger partial charge in [-0.1, -0.05) is 134 Å². The fraction of sp³-hybridized carbons (Fsp3) is 0.741. The molecule has 3 aromatic carbocycles. The van der Waals surface area contributed by atoms with Gasteiger partial charge in [0.2, 0.25) is 6.43 Å². The van der Waals surface area contributed by atoms with Crippen LogP contribution in [0.15, 0.2) is 72.8 Å². The molecule has 3 aromatic rings. The van der Waals surface area contributed by atoms with Gasteiger partial charge in [-0.2, -0.15) is 0 Å². The van der Waals surface area contributed by atoms with Crippen molar-refractivity contribution in [2.45, 2.75) is 381 Å². The summed E-state index contributed by atoms with van der Waals surface area (Å²) >= 11 is 0. The Morgan fingerprint density at radius 3 is 1.03 bits per heavy atom. The Hall–Kier alpha value is -5.27. The van der Waals surface area contributed by atoms with Gasteiger partial charge in [-0.05, 0) is 216 Å². The number of hydrogen-bond donors (Lipinski definition) is 15. The average molecular weight is 1460 g/mol. The zero-order chi connectivity index (χ0) is 79.0. The number of amides is 5. The Balaban J connectivity index is 0.000000649. The van der Waals surface area contributed by atoms with Gasteiger partial charge < -0.3 is 78.7 Å². The molecule has 2 fully saturated rings. The van der Waals surface area contributed by atoms with E-state index in [4.69, 9.17) is 0 Å². The van der Waals surface area contributed by atoms with E-state index in [0.29, 0.717) is 5.92 Å². The Morgan fingerprint density at radius 2 is 0.709 bits per heavy atom. The lowest BCUT2D eigenvalue weighted by Gasteiger charge is -2.33. The number of hydrogen-bond acceptors (Lipinski definition) is 15. The molecular formula is C81H144F2N10O10. The lowest BCUT2D eigenvalue weighted by molar-refractivity contribution is -0.133. The van der Waals surface area contributed by atoms with Crippen LogP contribution in [0.25, 0.3) is 10.8 Å². The summed E-state index contributed by atoms with van der Waals surface area (Å²) in [5.74, 6) is -1.38. The second-order valence-electron chi connectivity index (χ2n) is 33.9. The first kappa shape index (κ1) is 95.7. The Kier molecular flexibility index (Phi) is 42.8. The molecule has 592 valence electrons. The monoisotopic (exact) mass is 1460 g/mol. The van der Waals surface area contributed by atoms with Crippen LogP contribution in [0.5, 0.6) is 0 Å². The van der Waals surface area contributed by atoms with Crippen LogP contribution < -0.4 is 53.2 Å².